The van der Waals surface area contributed by atoms with Gasteiger partial charge in [-0.2, -0.15) is 24.9 Å². The van der Waals surface area contributed by atoms with Crippen molar-refractivity contribution in [2.24, 2.45) is 4.99 Å². The Morgan fingerprint density at radius 1 is 1.36 bits per heavy atom. The Bertz CT molecular complexity index is 647. The van der Waals surface area contributed by atoms with Crippen molar-refractivity contribution in [3.63, 3.8) is 0 Å². The van der Waals surface area contributed by atoms with Crippen molar-refractivity contribution in [1.29, 1.82) is 0 Å². The number of methoxy groups -OCH3 is 1. The van der Waals surface area contributed by atoms with Crippen LogP contribution in [0.4, 0.5) is 13.2 Å². The van der Waals surface area contributed by atoms with E-state index >= 15 is 0 Å². The zero-order chi connectivity index (χ0) is 19.9. The molecule has 1 aliphatic heterocycles. The van der Waals surface area contributed by atoms with Gasteiger partial charge in [0.25, 0.3) is 0 Å². The van der Waals surface area contributed by atoms with Crippen molar-refractivity contribution in [2.45, 2.75) is 31.3 Å². The van der Waals surface area contributed by atoms with Gasteiger partial charge in [0, 0.05) is 37.7 Å². The molecule has 1 atom stereocenters. The minimum Gasteiger partial charge on any atom is -0.493 e. The Hall–Kier alpha value is -1.04. The van der Waals surface area contributed by atoms with Crippen LogP contribution in [0.5, 0.6) is 11.5 Å². The summed E-state index contributed by atoms with van der Waals surface area (Å²) in [5.74, 6) is 2.24. The quantitative estimate of drug-likeness (QED) is 0.338. The second kappa shape index (κ2) is 11.8. The number of hydrogen-bond donors (Lipinski definition) is 1. The first-order chi connectivity index (χ1) is 12.9. The molecule has 0 saturated carbocycles. The molecule has 1 N–H and O–H groups in total. The number of rotatable bonds is 6. The van der Waals surface area contributed by atoms with Crippen molar-refractivity contribution in [2.75, 3.05) is 39.6 Å². The molecule has 1 aromatic rings. The van der Waals surface area contributed by atoms with Crippen LogP contribution in [0.3, 0.4) is 0 Å². The first-order valence-electron chi connectivity index (χ1n) is 8.80. The Kier molecular flexibility index (Phi) is 10.6. The predicted molar refractivity (Wildman–Crippen MR) is 118 cm³/mol. The molecule has 160 valence electrons. The van der Waals surface area contributed by atoms with Gasteiger partial charge in [0.05, 0.1) is 7.11 Å². The summed E-state index contributed by atoms with van der Waals surface area (Å²) in [6, 6.07) is 4.89. The smallest absolute Gasteiger partial charge is 0.422 e. The van der Waals surface area contributed by atoms with Crippen molar-refractivity contribution in [1.82, 2.24) is 10.2 Å². The van der Waals surface area contributed by atoms with Crippen LogP contribution < -0.4 is 14.8 Å². The summed E-state index contributed by atoms with van der Waals surface area (Å²) < 4.78 is 47.0. The van der Waals surface area contributed by atoms with E-state index in [0.29, 0.717) is 11.8 Å². The highest BCUT2D eigenvalue weighted by Crippen LogP contribution is 2.30. The number of aliphatic imine (C=N–C) groups is 1. The maximum absolute atomic E-state index is 12.3. The topological polar surface area (TPSA) is 46.1 Å². The average molecular weight is 533 g/mol. The van der Waals surface area contributed by atoms with Crippen LogP contribution in [0.2, 0.25) is 0 Å². The van der Waals surface area contributed by atoms with Gasteiger partial charge in [0.2, 0.25) is 0 Å². The van der Waals surface area contributed by atoms with Crippen molar-refractivity contribution in [3.05, 3.63) is 23.8 Å². The largest absolute Gasteiger partial charge is 0.493 e. The van der Waals surface area contributed by atoms with Gasteiger partial charge in [-0.15, -0.1) is 24.0 Å². The van der Waals surface area contributed by atoms with Gasteiger partial charge >= 0.3 is 6.18 Å². The number of guanidine groups is 1. The van der Waals surface area contributed by atoms with E-state index in [0.717, 1.165) is 36.8 Å². The molecule has 1 fully saturated rings. The summed E-state index contributed by atoms with van der Waals surface area (Å²) in [7, 11) is 3.15. The van der Waals surface area contributed by atoms with Crippen LogP contribution in [0.15, 0.2) is 23.2 Å². The third-order valence-electron chi connectivity index (χ3n) is 4.18. The average Bonchev–Trinajstić information content (AvgIpc) is 2.66. The number of nitrogens with one attached hydrogen (secondary N) is 1. The molecule has 10 heteroatoms. The summed E-state index contributed by atoms with van der Waals surface area (Å²) in [4.78, 5) is 6.59. The van der Waals surface area contributed by atoms with E-state index in [1.165, 1.54) is 13.2 Å². The SMILES string of the molecule is CCC1CN(C(=NC)NCc2ccc(OCC(F)(F)F)c(OC)c2)CCS1.I. The zero-order valence-corrected chi connectivity index (χ0v) is 19.4. The lowest BCUT2D eigenvalue weighted by Crippen LogP contribution is -2.47. The van der Waals surface area contributed by atoms with Crippen LogP contribution >= 0.6 is 35.7 Å². The van der Waals surface area contributed by atoms with Crippen LogP contribution in [0, 0.1) is 0 Å². The molecule has 5 nitrogen and oxygen atoms in total. The Labute approximate surface area is 185 Å². The number of hydrogen-bond acceptors (Lipinski definition) is 4. The minimum atomic E-state index is -4.39. The summed E-state index contributed by atoms with van der Waals surface area (Å²) in [5, 5.41) is 3.92. The number of alkyl halides is 3. The van der Waals surface area contributed by atoms with Gasteiger partial charge in [-0.3, -0.25) is 4.99 Å². The molecule has 0 aliphatic carbocycles. The van der Waals surface area contributed by atoms with Crippen LogP contribution in [0.25, 0.3) is 0 Å². The third kappa shape index (κ3) is 7.76. The third-order valence-corrected chi connectivity index (χ3v) is 5.55. The predicted octanol–water partition coefficient (Wildman–Crippen LogP) is 4.16. The Balaban J connectivity index is 0.00000392. The molecule has 1 saturated heterocycles. The van der Waals surface area contributed by atoms with E-state index in [2.05, 4.69) is 22.1 Å². The van der Waals surface area contributed by atoms with Crippen LogP contribution in [-0.2, 0) is 6.54 Å². The van der Waals surface area contributed by atoms with Crippen molar-refractivity contribution < 1.29 is 22.6 Å². The highest BCUT2D eigenvalue weighted by molar-refractivity contribution is 14.0. The lowest BCUT2D eigenvalue weighted by atomic mass is 10.2. The molecule has 0 bridgehead atoms. The maximum atomic E-state index is 12.3. The van der Waals surface area contributed by atoms with Crippen molar-refractivity contribution >= 4 is 41.7 Å². The molecule has 1 aliphatic rings. The van der Waals surface area contributed by atoms with Crippen LogP contribution in [0.1, 0.15) is 18.9 Å². The van der Waals surface area contributed by atoms with Crippen LogP contribution in [-0.4, -0.2) is 61.9 Å². The normalized spacial score (nSPS) is 17.7. The van der Waals surface area contributed by atoms with Gasteiger partial charge < -0.3 is 19.7 Å². The van der Waals surface area contributed by atoms with E-state index < -0.39 is 12.8 Å². The summed E-state index contributed by atoms with van der Waals surface area (Å²) in [6.45, 7) is 3.22. The second-order valence-electron chi connectivity index (χ2n) is 6.14. The van der Waals surface area contributed by atoms with E-state index in [-0.39, 0.29) is 35.5 Å². The molecule has 2 rings (SSSR count). The summed E-state index contributed by atoms with van der Waals surface area (Å²) in [6.07, 6.45) is -3.27. The van der Waals surface area contributed by atoms with E-state index in [9.17, 15) is 13.2 Å². The number of benzene rings is 1. The monoisotopic (exact) mass is 533 g/mol. The van der Waals surface area contributed by atoms with E-state index in [1.54, 1.807) is 19.2 Å². The molecule has 1 aromatic carbocycles. The number of thioether (sulfide) groups is 1. The Morgan fingerprint density at radius 2 is 2.11 bits per heavy atom. The molecular formula is C18H27F3IN3O2S. The van der Waals surface area contributed by atoms with Gasteiger partial charge in [-0.1, -0.05) is 13.0 Å². The summed E-state index contributed by atoms with van der Waals surface area (Å²) in [5.41, 5.74) is 0.866. The molecule has 1 unspecified atom stereocenters. The number of nitrogens with zero attached hydrogens (tertiary/aromatic N) is 2. The first-order valence-corrected chi connectivity index (χ1v) is 9.84. The number of halogens is 4. The van der Waals surface area contributed by atoms with E-state index in [4.69, 9.17) is 9.47 Å². The van der Waals surface area contributed by atoms with Crippen molar-refractivity contribution in [3.8, 4) is 11.5 Å². The summed E-state index contributed by atoms with van der Waals surface area (Å²) >= 11 is 1.99. The Morgan fingerprint density at radius 3 is 2.71 bits per heavy atom. The van der Waals surface area contributed by atoms with Gasteiger partial charge in [0.1, 0.15) is 0 Å². The second-order valence-corrected chi connectivity index (χ2v) is 7.55. The zero-order valence-electron chi connectivity index (χ0n) is 16.2. The van der Waals surface area contributed by atoms with Gasteiger partial charge in [-0.25, -0.2) is 0 Å². The highest BCUT2D eigenvalue weighted by Gasteiger charge is 2.29. The lowest BCUT2D eigenvalue weighted by Gasteiger charge is -2.34. The fourth-order valence-corrected chi connectivity index (χ4v) is 3.95. The maximum Gasteiger partial charge on any atom is 0.422 e. The van der Waals surface area contributed by atoms with Gasteiger partial charge in [0.15, 0.2) is 24.1 Å². The standard InChI is InChI=1S/C18H26F3N3O2S.HI/c1-4-14-11-24(7-8-27-14)17(22-2)23-10-13-5-6-15(16(9-13)25-3)26-12-18(19,20)21;/h5-6,9,14H,4,7-8,10-12H2,1-3H3,(H,22,23);1H. The molecule has 28 heavy (non-hydrogen) atoms. The minimum absolute atomic E-state index is 0. The lowest BCUT2D eigenvalue weighted by molar-refractivity contribution is -0.153. The molecule has 0 radical (unpaired) electrons. The fraction of sp³-hybridized carbons (Fsp3) is 0.611. The number of ether oxygens (including phenoxy) is 2. The molecular weight excluding hydrogens is 506 g/mol. The van der Waals surface area contributed by atoms with Gasteiger partial charge in [-0.05, 0) is 24.1 Å². The molecule has 0 aromatic heterocycles. The molecule has 0 amide bonds. The fourth-order valence-electron chi connectivity index (χ4n) is 2.77. The molecule has 1 heterocycles. The molecule has 0 spiro atoms. The van der Waals surface area contributed by atoms with E-state index in [1.807, 2.05) is 11.8 Å². The first kappa shape index (κ1) is 25.0. The highest BCUT2D eigenvalue weighted by atomic mass is 127.